The number of imide groups is 1. The summed E-state index contributed by atoms with van der Waals surface area (Å²) in [4.78, 5) is 86.5. The van der Waals surface area contributed by atoms with Crippen molar-refractivity contribution in [1.29, 1.82) is 0 Å². The number of aromatic amines is 1. The molecule has 2 atom stereocenters. The third-order valence-electron chi connectivity index (χ3n) is 14.8. The molecule has 3 saturated heterocycles. The Morgan fingerprint density at radius 1 is 0.907 bits per heavy atom. The van der Waals surface area contributed by atoms with Crippen LogP contribution in [0.15, 0.2) is 61.1 Å². The molecule has 1 aromatic carbocycles. The Labute approximate surface area is 435 Å². The van der Waals surface area contributed by atoms with Gasteiger partial charge in [-0.3, -0.25) is 39.3 Å². The van der Waals surface area contributed by atoms with Gasteiger partial charge in [0.15, 0.2) is 17.5 Å². The first-order chi connectivity index (χ1) is 36.3. The molecule has 75 heavy (non-hydrogen) atoms. The third-order valence-corrected chi connectivity index (χ3v) is 14.8. The third kappa shape index (κ3) is 13.0. The van der Waals surface area contributed by atoms with Gasteiger partial charge in [-0.25, -0.2) is 19.0 Å². The van der Waals surface area contributed by atoms with Gasteiger partial charge in [0.05, 0.1) is 18.4 Å². The quantitative estimate of drug-likeness (QED) is 0.0462. The number of halogens is 1. The Kier molecular flexibility index (Phi) is 16.7. The Morgan fingerprint density at radius 3 is 2.44 bits per heavy atom. The number of anilines is 4. The fourth-order valence-corrected chi connectivity index (χ4v) is 10.4. The van der Waals surface area contributed by atoms with Crippen molar-refractivity contribution in [2.75, 3.05) is 74.6 Å². The second-order valence-electron chi connectivity index (χ2n) is 20.1. The Bertz CT molecular complexity index is 2820. The number of nitrogens with zero attached hydrogens (tertiary/aromatic N) is 10. The number of aromatic nitrogens is 7. The highest BCUT2D eigenvalue weighted by atomic mass is 19.1. The normalized spacial score (nSPS) is 18.2. The van der Waals surface area contributed by atoms with Crippen LogP contribution in [-0.4, -0.2) is 145 Å². The Morgan fingerprint density at radius 2 is 1.72 bits per heavy atom. The van der Waals surface area contributed by atoms with E-state index in [4.69, 9.17) is 14.7 Å². The molecule has 8 heterocycles. The average molecular weight is 1030 g/mol. The van der Waals surface area contributed by atoms with Crippen LogP contribution in [0.5, 0.6) is 0 Å². The fraction of sp³-hybridized carbons (Fsp3) is 0.509. The molecule has 0 bridgehead atoms. The molecule has 9 rings (SSSR count). The predicted octanol–water partition coefficient (Wildman–Crippen LogP) is 4.81. The minimum atomic E-state index is -1.05. The number of piperidine rings is 2. The van der Waals surface area contributed by atoms with Crippen LogP contribution < -0.4 is 31.1 Å². The molecule has 398 valence electrons. The topological polar surface area (TPSA) is 241 Å². The molecule has 0 saturated carbocycles. The molecule has 3 fully saturated rings. The number of aryl methyl sites for hydroxylation is 2. The van der Waals surface area contributed by atoms with E-state index in [0.717, 1.165) is 106 Å². The zero-order valence-corrected chi connectivity index (χ0v) is 43.1. The van der Waals surface area contributed by atoms with Crippen LogP contribution in [-0.2, 0) is 36.9 Å². The van der Waals surface area contributed by atoms with Crippen molar-refractivity contribution in [3.8, 4) is 5.82 Å². The SMILES string of the molecule is COC1(C(=O)N[C@@H](C)c2ccc(-n3cc(F)cn3)nc2)CCN(c2nc(CCCCNC(=O)CCCCCCN3CCN(c4ccc5c(c4)CN(C4CCC(=O)NC4=O)C5=O)CC3)cc(Nc3cc(C)[nH]n3)n2)CC1. The smallest absolute Gasteiger partial charge is 0.255 e. The number of hydrogen-bond acceptors (Lipinski definition) is 15. The maximum Gasteiger partial charge on any atom is 0.255 e. The standard InChI is InChI=1S/C53H68FN15O6/c1-35-28-45(64-63-35)60-44-30-40(59-52(61-44)67-22-18-53(75-3,19-23-67)51(74)58-36(2)37-12-16-46(56-31-37)69-34-39(54)32-57-69)10-7-8-20-55-47(70)11-6-4-5-9-21-65-24-26-66(27-25-65)41-13-14-42-38(29-41)33-68(50(42)73)43-15-17-48(71)62-49(43)72/h12-14,16,28-32,34,36,43H,4-11,15,17-27,33H2,1-3H3,(H,55,70)(H,58,74)(H,62,71,72)(H2,59,60,61,63,64)/t36-,43?/m0/s1. The molecular weight excluding hydrogens is 962 g/mol. The van der Waals surface area contributed by atoms with Gasteiger partial charge in [-0.1, -0.05) is 18.9 Å². The molecule has 0 aliphatic carbocycles. The number of pyridine rings is 1. The minimum Gasteiger partial charge on any atom is -0.369 e. The van der Waals surface area contributed by atoms with Gasteiger partial charge >= 0.3 is 0 Å². The number of benzene rings is 1. The number of amides is 5. The molecule has 21 nitrogen and oxygen atoms in total. The number of methoxy groups -OCH3 is 1. The molecule has 4 aliphatic heterocycles. The molecular formula is C53H68FN15O6. The summed E-state index contributed by atoms with van der Waals surface area (Å²) in [5.74, 6) is 0.833. The lowest BCUT2D eigenvalue weighted by atomic mass is 9.89. The van der Waals surface area contributed by atoms with Crippen molar-refractivity contribution in [2.45, 2.75) is 115 Å². The number of carbonyl (C=O) groups is 5. The van der Waals surface area contributed by atoms with Gasteiger partial charge in [0.2, 0.25) is 23.7 Å². The summed E-state index contributed by atoms with van der Waals surface area (Å²) in [5.41, 5.74) is 4.14. The summed E-state index contributed by atoms with van der Waals surface area (Å²) < 4.78 is 20.8. The largest absolute Gasteiger partial charge is 0.369 e. The molecule has 0 spiro atoms. The number of H-pyrrole nitrogens is 1. The van der Waals surface area contributed by atoms with Gasteiger partial charge in [0.25, 0.3) is 11.8 Å². The molecule has 4 aliphatic rings. The van der Waals surface area contributed by atoms with E-state index in [0.29, 0.717) is 87.2 Å². The van der Waals surface area contributed by atoms with Crippen molar-refractivity contribution >= 4 is 52.8 Å². The first-order valence-electron chi connectivity index (χ1n) is 26.3. The molecule has 4 aromatic heterocycles. The first-order valence-corrected chi connectivity index (χ1v) is 26.3. The van der Waals surface area contributed by atoms with Gasteiger partial charge in [-0.05, 0) is 94.3 Å². The second kappa shape index (κ2) is 23.9. The summed E-state index contributed by atoms with van der Waals surface area (Å²) in [6.07, 6.45) is 12.3. The molecule has 5 aromatic rings. The van der Waals surface area contributed by atoms with E-state index < -0.39 is 23.4 Å². The Balaban J connectivity index is 0.666. The number of nitrogens with one attached hydrogen (secondary N) is 5. The zero-order chi connectivity index (χ0) is 52.5. The number of carbonyl (C=O) groups excluding carboxylic acids is 5. The summed E-state index contributed by atoms with van der Waals surface area (Å²) >= 11 is 0. The van der Waals surface area contributed by atoms with E-state index in [-0.39, 0.29) is 36.1 Å². The highest BCUT2D eigenvalue weighted by Gasteiger charge is 2.43. The van der Waals surface area contributed by atoms with Crippen LogP contribution >= 0.6 is 0 Å². The Hall–Kier alpha value is -7.33. The molecule has 5 N–H and O–H groups in total. The number of ether oxygens (including phenoxy) is 1. The van der Waals surface area contributed by atoms with Crippen molar-refractivity contribution in [2.24, 2.45) is 0 Å². The van der Waals surface area contributed by atoms with Crippen molar-refractivity contribution in [1.82, 2.24) is 60.7 Å². The number of fused-ring (bicyclic) bond motifs is 1. The second-order valence-corrected chi connectivity index (χ2v) is 20.1. The van der Waals surface area contributed by atoms with E-state index in [1.165, 1.54) is 10.9 Å². The summed E-state index contributed by atoms with van der Waals surface area (Å²) in [7, 11) is 1.56. The van der Waals surface area contributed by atoms with Crippen LogP contribution in [0.25, 0.3) is 5.82 Å². The highest BCUT2D eigenvalue weighted by molar-refractivity contribution is 6.05. The fourth-order valence-electron chi connectivity index (χ4n) is 10.4. The van der Waals surface area contributed by atoms with Crippen LogP contribution in [0.2, 0.25) is 0 Å². The average Bonchev–Trinajstić information content (AvgIpc) is 4.14. The summed E-state index contributed by atoms with van der Waals surface area (Å²) in [5, 5.41) is 23.1. The summed E-state index contributed by atoms with van der Waals surface area (Å²) in [6, 6.07) is 12.4. The van der Waals surface area contributed by atoms with E-state index in [2.05, 4.69) is 62.3 Å². The highest BCUT2D eigenvalue weighted by Crippen LogP contribution is 2.33. The van der Waals surface area contributed by atoms with Gasteiger partial charge in [-0.15, -0.1) is 0 Å². The van der Waals surface area contributed by atoms with Crippen molar-refractivity contribution < 1.29 is 33.1 Å². The predicted molar refractivity (Wildman–Crippen MR) is 278 cm³/mol. The van der Waals surface area contributed by atoms with Crippen LogP contribution in [0, 0.1) is 12.7 Å². The minimum absolute atomic E-state index is 0.0760. The molecule has 1 unspecified atom stereocenters. The van der Waals surface area contributed by atoms with E-state index >= 15 is 0 Å². The summed E-state index contributed by atoms with van der Waals surface area (Å²) in [6.45, 7) is 10.5. The molecule has 22 heteroatoms. The van der Waals surface area contributed by atoms with E-state index in [9.17, 15) is 28.4 Å². The van der Waals surface area contributed by atoms with Gasteiger partial charge in [-0.2, -0.15) is 15.2 Å². The molecule has 5 amide bonds. The maximum atomic E-state index is 13.8. The van der Waals surface area contributed by atoms with Crippen molar-refractivity contribution in [3.63, 3.8) is 0 Å². The van der Waals surface area contributed by atoms with Crippen LogP contribution in [0.1, 0.15) is 116 Å². The first kappa shape index (κ1) is 52.5. The molecule has 0 radical (unpaired) electrons. The maximum absolute atomic E-state index is 13.8. The van der Waals surface area contributed by atoms with E-state index in [1.807, 2.05) is 44.2 Å². The van der Waals surface area contributed by atoms with Gasteiger partial charge in [0.1, 0.15) is 17.5 Å². The van der Waals surface area contributed by atoms with Crippen molar-refractivity contribution in [3.05, 3.63) is 95.0 Å². The zero-order valence-electron chi connectivity index (χ0n) is 43.1. The number of unbranched alkanes of at least 4 members (excludes halogenated alkanes) is 4. The lowest BCUT2D eigenvalue weighted by Crippen LogP contribution is -2.55. The van der Waals surface area contributed by atoms with Crippen LogP contribution in [0.4, 0.5) is 27.7 Å². The number of hydrogen-bond donors (Lipinski definition) is 5. The van der Waals surface area contributed by atoms with Crippen LogP contribution in [0.3, 0.4) is 0 Å². The lowest BCUT2D eigenvalue weighted by molar-refractivity contribution is -0.147. The number of piperazine rings is 1. The van der Waals surface area contributed by atoms with Gasteiger partial charge in [0, 0.05) is 126 Å². The number of rotatable bonds is 22. The monoisotopic (exact) mass is 1030 g/mol. The lowest BCUT2D eigenvalue weighted by Gasteiger charge is -2.40. The van der Waals surface area contributed by atoms with Gasteiger partial charge < -0.3 is 35.4 Å². The van der Waals surface area contributed by atoms with E-state index in [1.54, 1.807) is 24.3 Å².